The van der Waals surface area contributed by atoms with Gasteiger partial charge in [-0.05, 0) is 25.8 Å². The molecule has 0 aromatic heterocycles. The van der Waals surface area contributed by atoms with Crippen molar-refractivity contribution in [2.75, 3.05) is 6.61 Å². The summed E-state index contributed by atoms with van der Waals surface area (Å²) in [6, 6.07) is 5.23. The van der Waals surface area contributed by atoms with Crippen LogP contribution in [-0.2, 0) is 5.60 Å². The predicted molar refractivity (Wildman–Crippen MR) is 52.4 cm³/mol. The minimum absolute atomic E-state index is 0.0781. The first kappa shape index (κ1) is 9.34. The van der Waals surface area contributed by atoms with Gasteiger partial charge in [-0.3, -0.25) is 0 Å². The third-order valence-corrected chi connectivity index (χ3v) is 2.52. The van der Waals surface area contributed by atoms with Gasteiger partial charge in [-0.25, -0.2) is 0 Å². The molecule has 0 unspecified atom stereocenters. The van der Waals surface area contributed by atoms with Crippen LogP contribution in [0.15, 0.2) is 18.2 Å². The largest absolute Gasteiger partial charge is 0.504 e. The highest BCUT2D eigenvalue weighted by Crippen LogP contribution is 2.50. The number of ether oxygens (including phenoxy) is 1. The first-order valence-electron chi connectivity index (χ1n) is 4.85. The van der Waals surface area contributed by atoms with Gasteiger partial charge in [0.1, 0.15) is 0 Å². The van der Waals surface area contributed by atoms with E-state index in [1.165, 1.54) is 0 Å². The lowest BCUT2D eigenvalue weighted by atomic mass is 10.1. The summed E-state index contributed by atoms with van der Waals surface area (Å²) in [6.45, 7) is 2.37. The average Bonchev–Trinajstić information content (AvgIpc) is 2.89. The Morgan fingerprint density at radius 1 is 1.43 bits per heavy atom. The Hall–Kier alpha value is -1.22. The molecule has 0 spiro atoms. The molecule has 0 heterocycles. The topological polar surface area (TPSA) is 49.7 Å². The summed E-state index contributed by atoms with van der Waals surface area (Å²) in [5.41, 5.74) is -0.222. The second kappa shape index (κ2) is 3.17. The number of aromatic hydroxyl groups is 1. The number of para-hydroxylation sites is 1. The molecule has 1 fully saturated rings. The summed E-state index contributed by atoms with van der Waals surface area (Å²) in [7, 11) is 0. The maximum Gasteiger partial charge on any atom is 0.163 e. The minimum atomic E-state index is -0.808. The molecule has 3 nitrogen and oxygen atoms in total. The summed E-state index contributed by atoms with van der Waals surface area (Å²) in [5.74, 6) is 0.527. The van der Waals surface area contributed by atoms with Crippen LogP contribution in [0.5, 0.6) is 11.5 Å². The Balaban J connectivity index is 2.37. The third kappa shape index (κ3) is 1.44. The van der Waals surface area contributed by atoms with Crippen molar-refractivity contribution in [3.05, 3.63) is 23.8 Å². The highest BCUT2D eigenvalue weighted by Gasteiger charge is 2.44. The molecule has 1 saturated carbocycles. The molecule has 0 radical (unpaired) electrons. The van der Waals surface area contributed by atoms with E-state index in [0.717, 1.165) is 12.8 Å². The van der Waals surface area contributed by atoms with Crippen molar-refractivity contribution in [3.63, 3.8) is 0 Å². The molecule has 2 N–H and O–H groups in total. The van der Waals surface area contributed by atoms with E-state index in [0.29, 0.717) is 17.9 Å². The fourth-order valence-corrected chi connectivity index (χ4v) is 1.56. The molecule has 1 aliphatic carbocycles. The number of benzene rings is 1. The van der Waals surface area contributed by atoms with Crippen LogP contribution in [0.4, 0.5) is 0 Å². The molecule has 3 heteroatoms. The van der Waals surface area contributed by atoms with Crippen molar-refractivity contribution in [1.82, 2.24) is 0 Å². The van der Waals surface area contributed by atoms with Crippen LogP contribution in [0.25, 0.3) is 0 Å². The lowest BCUT2D eigenvalue weighted by Gasteiger charge is -2.13. The number of phenols is 1. The van der Waals surface area contributed by atoms with Crippen LogP contribution >= 0.6 is 0 Å². The Morgan fingerprint density at radius 3 is 2.71 bits per heavy atom. The standard InChI is InChI=1S/C11H14O3/c1-2-14-9-5-3-4-8(10(9)12)11(13)6-7-11/h3-5,12-13H,2,6-7H2,1H3. The molecule has 76 valence electrons. The van der Waals surface area contributed by atoms with Gasteiger partial charge in [-0.1, -0.05) is 12.1 Å². The zero-order valence-electron chi connectivity index (χ0n) is 8.16. The fraction of sp³-hybridized carbons (Fsp3) is 0.455. The van der Waals surface area contributed by atoms with E-state index in [4.69, 9.17) is 4.74 Å². The zero-order chi connectivity index (χ0) is 10.2. The Labute approximate surface area is 83.0 Å². The molecule has 1 aliphatic rings. The van der Waals surface area contributed by atoms with E-state index in [-0.39, 0.29) is 5.75 Å². The summed E-state index contributed by atoms with van der Waals surface area (Å²) >= 11 is 0. The van der Waals surface area contributed by atoms with Gasteiger partial charge in [0.05, 0.1) is 12.2 Å². The Bertz CT molecular complexity index is 342. The molecular weight excluding hydrogens is 180 g/mol. The van der Waals surface area contributed by atoms with Crippen LogP contribution in [0.3, 0.4) is 0 Å². The number of phenolic OH excluding ortho intramolecular Hbond substituents is 1. The van der Waals surface area contributed by atoms with Gasteiger partial charge >= 0.3 is 0 Å². The van der Waals surface area contributed by atoms with E-state index in [1.54, 1.807) is 18.2 Å². The summed E-state index contributed by atoms with van der Waals surface area (Å²) in [5, 5.41) is 19.7. The second-order valence-electron chi connectivity index (χ2n) is 3.62. The number of rotatable bonds is 3. The van der Waals surface area contributed by atoms with E-state index >= 15 is 0 Å². The quantitative estimate of drug-likeness (QED) is 0.771. The average molecular weight is 194 g/mol. The molecule has 1 aromatic carbocycles. The van der Waals surface area contributed by atoms with Gasteiger partial charge in [0.25, 0.3) is 0 Å². The number of aliphatic hydroxyl groups is 1. The van der Waals surface area contributed by atoms with E-state index in [9.17, 15) is 10.2 Å². The van der Waals surface area contributed by atoms with Gasteiger partial charge in [0.15, 0.2) is 11.5 Å². The molecule has 0 aliphatic heterocycles. The first-order valence-corrected chi connectivity index (χ1v) is 4.85. The Kier molecular flexibility index (Phi) is 2.11. The monoisotopic (exact) mass is 194 g/mol. The van der Waals surface area contributed by atoms with Gasteiger partial charge in [-0.2, -0.15) is 0 Å². The first-order chi connectivity index (χ1) is 6.67. The Morgan fingerprint density at radius 2 is 2.14 bits per heavy atom. The van der Waals surface area contributed by atoms with Crippen molar-refractivity contribution in [3.8, 4) is 11.5 Å². The van der Waals surface area contributed by atoms with Crippen molar-refractivity contribution >= 4 is 0 Å². The highest BCUT2D eigenvalue weighted by molar-refractivity contribution is 5.49. The second-order valence-corrected chi connectivity index (χ2v) is 3.62. The lowest BCUT2D eigenvalue weighted by molar-refractivity contribution is 0.146. The molecule has 2 rings (SSSR count). The maximum atomic E-state index is 9.86. The molecule has 14 heavy (non-hydrogen) atoms. The zero-order valence-corrected chi connectivity index (χ0v) is 8.16. The van der Waals surface area contributed by atoms with Crippen LogP contribution in [0.2, 0.25) is 0 Å². The number of hydrogen-bond acceptors (Lipinski definition) is 3. The van der Waals surface area contributed by atoms with Crippen molar-refractivity contribution < 1.29 is 14.9 Å². The molecular formula is C11H14O3. The van der Waals surface area contributed by atoms with Crippen LogP contribution in [-0.4, -0.2) is 16.8 Å². The summed E-state index contributed by atoms with van der Waals surface area (Å²) < 4.78 is 5.24. The minimum Gasteiger partial charge on any atom is -0.504 e. The molecule has 0 amide bonds. The van der Waals surface area contributed by atoms with Gasteiger partial charge < -0.3 is 14.9 Å². The molecule has 0 bridgehead atoms. The molecule has 0 atom stereocenters. The molecule has 1 aromatic rings. The van der Waals surface area contributed by atoms with E-state index in [1.807, 2.05) is 6.92 Å². The van der Waals surface area contributed by atoms with E-state index < -0.39 is 5.60 Å². The summed E-state index contributed by atoms with van der Waals surface area (Å²) in [4.78, 5) is 0. The number of hydrogen-bond donors (Lipinski definition) is 2. The van der Waals surface area contributed by atoms with Crippen molar-refractivity contribution in [1.29, 1.82) is 0 Å². The predicted octanol–water partition coefficient (Wildman–Crippen LogP) is 1.77. The van der Waals surface area contributed by atoms with Crippen LogP contribution < -0.4 is 4.74 Å². The van der Waals surface area contributed by atoms with E-state index in [2.05, 4.69) is 0 Å². The fourth-order valence-electron chi connectivity index (χ4n) is 1.56. The van der Waals surface area contributed by atoms with Crippen LogP contribution in [0.1, 0.15) is 25.3 Å². The third-order valence-electron chi connectivity index (χ3n) is 2.52. The normalized spacial score (nSPS) is 17.9. The maximum absolute atomic E-state index is 9.86. The van der Waals surface area contributed by atoms with Gasteiger partial charge in [-0.15, -0.1) is 0 Å². The van der Waals surface area contributed by atoms with Crippen LogP contribution in [0, 0.1) is 0 Å². The van der Waals surface area contributed by atoms with Gasteiger partial charge in [0, 0.05) is 5.56 Å². The summed E-state index contributed by atoms with van der Waals surface area (Å²) in [6.07, 6.45) is 1.44. The lowest BCUT2D eigenvalue weighted by Crippen LogP contribution is -2.05. The van der Waals surface area contributed by atoms with Crippen molar-refractivity contribution in [2.45, 2.75) is 25.4 Å². The van der Waals surface area contributed by atoms with Crippen molar-refractivity contribution in [2.24, 2.45) is 0 Å². The SMILES string of the molecule is CCOc1cccc(C2(O)CC2)c1O. The molecule has 0 saturated heterocycles. The highest BCUT2D eigenvalue weighted by atomic mass is 16.5. The smallest absolute Gasteiger partial charge is 0.163 e. The van der Waals surface area contributed by atoms with Gasteiger partial charge in [0.2, 0.25) is 0 Å².